The lowest BCUT2D eigenvalue weighted by atomic mass is 10.1. The number of carbonyl (C=O) groups is 1. The van der Waals surface area contributed by atoms with E-state index in [4.69, 9.17) is 5.73 Å². The maximum atomic E-state index is 11.3. The van der Waals surface area contributed by atoms with Crippen LogP contribution in [0.2, 0.25) is 0 Å². The van der Waals surface area contributed by atoms with Crippen LogP contribution in [0, 0.1) is 0 Å². The molecule has 26 heavy (non-hydrogen) atoms. The van der Waals surface area contributed by atoms with Crippen molar-refractivity contribution >= 4 is 47.2 Å². The molecule has 0 aliphatic heterocycles. The Hall–Kier alpha value is -1.68. The van der Waals surface area contributed by atoms with Crippen LogP contribution < -0.4 is 16.4 Å². The predicted molar refractivity (Wildman–Crippen MR) is 118 cm³/mol. The highest BCUT2D eigenvalue weighted by Crippen LogP contribution is 2.13. The van der Waals surface area contributed by atoms with Gasteiger partial charge in [0.1, 0.15) is 0 Å². The van der Waals surface area contributed by atoms with Gasteiger partial charge in [0.25, 0.3) is 0 Å². The molecule has 0 atom stereocenters. The second-order valence-corrected chi connectivity index (χ2v) is 6.71. The third-order valence-electron chi connectivity index (χ3n) is 3.56. The average Bonchev–Trinajstić information content (AvgIpc) is 3.08. The number of nitrogens with one attached hydrogen (secondary N) is 2. The first-order valence-electron chi connectivity index (χ1n) is 8.46. The molecule has 0 saturated carbocycles. The minimum Gasteiger partial charge on any atom is -0.366 e. The summed E-state index contributed by atoms with van der Waals surface area (Å²) in [6.07, 6.45) is 3.84. The van der Waals surface area contributed by atoms with Gasteiger partial charge in [0, 0.05) is 36.1 Å². The second kappa shape index (κ2) is 11.8. The number of thiazole rings is 1. The SMILES string of the molecule is CCNC(=NCc1cccc(C(N)=O)c1)NCCc1ncc(CC)s1.I. The Kier molecular flexibility index (Phi) is 10.2. The van der Waals surface area contributed by atoms with Crippen LogP contribution in [0.4, 0.5) is 0 Å². The number of hydrogen-bond donors (Lipinski definition) is 3. The zero-order chi connectivity index (χ0) is 18.1. The number of benzene rings is 1. The highest BCUT2D eigenvalue weighted by Gasteiger charge is 2.03. The number of carbonyl (C=O) groups excluding carboxylic acids is 1. The van der Waals surface area contributed by atoms with E-state index >= 15 is 0 Å². The monoisotopic (exact) mass is 487 g/mol. The van der Waals surface area contributed by atoms with Gasteiger partial charge in [-0.15, -0.1) is 35.3 Å². The highest BCUT2D eigenvalue weighted by molar-refractivity contribution is 14.0. The summed E-state index contributed by atoms with van der Waals surface area (Å²) in [7, 11) is 0. The van der Waals surface area contributed by atoms with Crippen LogP contribution in [-0.4, -0.2) is 29.9 Å². The summed E-state index contributed by atoms with van der Waals surface area (Å²) < 4.78 is 0. The topological polar surface area (TPSA) is 92.4 Å². The Morgan fingerprint density at radius 1 is 1.31 bits per heavy atom. The molecule has 2 aromatic rings. The number of aliphatic imine (C=N–C) groups is 1. The van der Waals surface area contributed by atoms with Crippen molar-refractivity contribution in [2.45, 2.75) is 33.2 Å². The van der Waals surface area contributed by atoms with Crippen LogP contribution in [0.3, 0.4) is 0 Å². The molecule has 0 bridgehead atoms. The Bertz CT molecular complexity index is 732. The number of primary amides is 1. The molecule has 0 spiro atoms. The van der Waals surface area contributed by atoms with E-state index in [0.717, 1.165) is 42.5 Å². The summed E-state index contributed by atoms with van der Waals surface area (Å²) in [6.45, 7) is 6.19. The van der Waals surface area contributed by atoms with Crippen molar-refractivity contribution in [3.05, 3.63) is 51.5 Å². The van der Waals surface area contributed by atoms with Gasteiger partial charge in [-0.2, -0.15) is 0 Å². The molecule has 0 aliphatic rings. The third-order valence-corrected chi connectivity index (χ3v) is 4.76. The van der Waals surface area contributed by atoms with Crippen LogP contribution >= 0.6 is 35.3 Å². The lowest BCUT2D eigenvalue weighted by Gasteiger charge is -2.10. The molecule has 0 saturated heterocycles. The van der Waals surface area contributed by atoms with Crippen LogP contribution in [0.15, 0.2) is 35.5 Å². The van der Waals surface area contributed by atoms with Crippen molar-refractivity contribution in [1.29, 1.82) is 0 Å². The molecule has 1 heterocycles. The number of nitrogens with two attached hydrogens (primary N) is 1. The summed E-state index contributed by atoms with van der Waals surface area (Å²) in [6, 6.07) is 7.23. The zero-order valence-electron chi connectivity index (χ0n) is 15.1. The van der Waals surface area contributed by atoms with Crippen molar-refractivity contribution < 1.29 is 4.79 Å². The molecule has 0 radical (unpaired) electrons. The van der Waals surface area contributed by atoms with Gasteiger partial charge in [0.2, 0.25) is 5.91 Å². The van der Waals surface area contributed by atoms with Crippen molar-refractivity contribution in [3.63, 3.8) is 0 Å². The van der Waals surface area contributed by atoms with Crippen LogP contribution in [0.1, 0.15) is 39.7 Å². The molecule has 1 amide bonds. The molecule has 0 fully saturated rings. The third kappa shape index (κ3) is 7.28. The Labute approximate surface area is 175 Å². The summed E-state index contributed by atoms with van der Waals surface area (Å²) in [5.41, 5.74) is 6.76. The fraction of sp³-hybridized carbons (Fsp3) is 0.389. The largest absolute Gasteiger partial charge is 0.366 e. The van der Waals surface area contributed by atoms with Crippen LogP contribution in [0.5, 0.6) is 0 Å². The Morgan fingerprint density at radius 2 is 2.12 bits per heavy atom. The smallest absolute Gasteiger partial charge is 0.248 e. The quantitative estimate of drug-likeness (QED) is 0.303. The first-order valence-corrected chi connectivity index (χ1v) is 9.28. The molecular weight excluding hydrogens is 461 g/mol. The standard InChI is InChI=1S/C18H25N5OS.HI/c1-3-15-12-22-16(25-15)8-9-21-18(20-4-2)23-11-13-6-5-7-14(10-13)17(19)24;/h5-7,10,12H,3-4,8-9,11H2,1-2H3,(H2,19,24)(H2,20,21,23);1H. The fourth-order valence-corrected chi connectivity index (χ4v) is 3.11. The first kappa shape index (κ1) is 22.4. The maximum absolute atomic E-state index is 11.3. The summed E-state index contributed by atoms with van der Waals surface area (Å²) in [5.74, 6) is 0.324. The van der Waals surface area contributed by atoms with Crippen LogP contribution in [-0.2, 0) is 19.4 Å². The van der Waals surface area contributed by atoms with E-state index in [1.807, 2.05) is 25.3 Å². The van der Waals surface area contributed by atoms with Crippen molar-refractivity contribution in [2.24, 2.45) is 10.7 Å². The van der Waals surface area contributed by atoms with Gasteiger partial charge in [-0.25, -0.2) is 9.98 Å². The molecule has 2 rings (SSSR count). The van der Waals surface area contributed by atoms with Gasteiger partial charge >= 0.3 is 0 Å². The molecule has 0 aliphatic carbocycles. The minimum atomic E-state index is -0.425. The number of aromatic nitrogens is 1. The summed E-state index contributed by atoms with van der Waals surface area (Å²) in [4.78, 5) is 21.5. The second-order valence-electron chi connectivity index (χ2n) is 5.51. The molecule has 1 aromatic heterocycles. The highest BCUT2D eigenvalue weighted by atomic mass is 127. The van der Waals surface area contributed by atoms with E-state index in [2.05, 4.69) is 27.5 Å². The molecule has 0 unspecified atom stereocenters. The van der Waals surface area contributed by atoms with Crippen molar-refractivity contribution in [3.8, 4) is 0 Å². The number of hydrogen-bond acceptors (Lipinski definition) is 4. The average molecular weight is 487 g/mol. The number of rotatable bonds is 8. The molecule has 4 N–H and O–H groups in total. The molecule has 8 heteroatoms. The lowest BCUT2D eigenvalue weighted by Crippen LogP contribution is -2.38. The first-order chi connectivity index (χ1) is 12.1. The van der Waals surface area contributed by atoms with Gasteiger partial charge < -0.3 is 16.4 Å². The molecule has 6 nitrogen and oxygen atoms in total. The van der Waals surface area contributed by atoms with Gasteiger partial charge in [-0.1, -0.05) is 19.1 Å². The normalized spacial score (nSPS) is 10.9. The van der Waals surface area contributed by atoms with Crippen molar-refractivity contribution in [2.75, 3.05) is 13.1 Å². The molecule has 142 valence electrons. The molecule has 1 aromatic carbocycles. The number of aryl methyl sites for hydroxylation is 1. The van der Waals surface area contributed by atoms with Gasteiger partial charge in [-0.3, -0.25) is 4.79 Å². The zero-order valence-corrected chi connectivity index (χ0v) is 18.3. The lowest BCUT2D eigenvalue weighted by molar-refractivity contribution is 0.1000. The van der Waals surface area contributed by atoms with Crippen molar-refractivity contribution in [1.82, 2.24) is 15.6 Å². The van der Waals surface area contributed by atoms with Gasteiger partial charge in [0.15, 0.2) is 5.96 Å². The van der Waals surface area contributed by atoms with E-state index in [9.17, 15) is 4.79 Å². The van der Waals surface area contributed by atoms with E-state index in [1.54, 1.807) is 23.5 Å². The maximum Gasteiger partial charge on any atom is 0.248 e. The van der Waals surface area contributed by atoms with E-state index in [0.29, 0.717) is 12.1 Å². The summed E-state index contributed by atoms with van der Waals surface area (Å²) >= 11 is 1.76. The Morgan fingerprint density at radius 3 is 2.77 bits per heavy atom. The number of guanidine groups is 1. The van der Waals surface area contributed by atoms with E-state index < -0.39 is 5.91 Å². The molecular formula is C18H26IN5OS. The van der Waals surface area contributed by atoms with Gasteiger partial charge in [0.05, 0.1) is 11.6 Å². The van der Waals surface area contributed by atoms with E-state index in [1.165, 1.54) is 4.88 Å². The Balaban J connectivity index is 0.00000338. The number of amides is 1. The predicted octanol–water partition coefficient (Wildman–Crippen LogP) is 2.72. The number of nitrogens with zero attached hydrogens (tertiary/aromatic N) is 2. The minimum absolute atomic E-state index is 0. The van der Waals surface area contributed by atoms with Crippen LogP contribution in [0.25, 0.3) is 0 Å². The fourth-order valence-electron chi connectivity index (χ4n) is 2.25. The summed E-state index contributed by atoms with van der Waals surface area (Å²) in [5, 5.41) is 7.67. The van der Waals surface area contributed by atoms with Gasteiger partial charge in [-0.05, 0) is 31.0 Å². The van der Waals surface area contributed by atoms with E-state index in [-0.39, 0.29) is 24.0 Å². The number of halogens is 1.